The van der Waals surface area contributed by atoms with Crippen LogP contribution in [0.3, 0.4) is 0 Å². The molecule has 1 aliphatic rings. The number of hydrogen-bond donors (Lipinski definition) is 1. The molecule has 1 aromatic heterocycles. The largest absolute Gasteiger partial charge is 0.354 e. The standard InChI is InChI=1S/C12H19N5O2/c18-11(13-5-9-17-10-6-14-15-17)4-8-16-7-2-1-3-12(16)19/h6,10H,1-5,7-9H2,(H,13,18). The molecule has 1 aromatic rings. The minimum atomic E-state index is -0.0292. The summed E-state index contributed by atoms with van der Waals surface area (Å²) in [5, 5.41) is 10.3. The maximum Gasteiger partial charge on any atom is 0.222 e. The van der Waals surface area contributed by atoms with E-state index in [1.165, 1.54) is 0 Å². The zero-order valence-corrected chi connectivity index (χ0v) is 10.9. The van der Waals surface area contributed by atoms with Gasteiger partial charge in [0.25, 0.3) is 0 Å². The molecule has 19 heavy (non-hydrogen) atoms. The Morgan fingerprint density at radius 1 is 1.37 bits per heavy atom. The molecule has 1 N–H and O–H groups in total. The van der Waals surface area contributed by atoms with Crippen LogP contribution in [-0.2, 0) is 16.1 Å². The molecule has 7 nitrogen and oxygen atoms in total. The molecule has 0 spiro atoms. The van der Waals surface area contributed by atoms with Gasteiger partial charge >= 0.3 is 0 Å². The highest BCUT2D eigenvalue weighted by molar-refractivity contribution is 5.79. The highest BCUT2D eigenvalue weighted by atomic mass is 16.2. The molecule has 0 saturated carbocycles. The Balaban J connectivity index is 1.60. The van der Waals surface area contributed by atoms with Gasteiger partial charge < -0.3 is 10.2 Å². The lowest BCUT2D eigenvalue weighted by Gasteiger charge is -2.26. The molecule has 2 amide bonds. The first-order valence-corrected chi connectivity index (χ1v) is 6.64. The highest BCUT2D eigenvalue weighted by Crippen LogP contribution is 2.10. The number of nitrogens with zero attached hydrogens (tertiary/aromatic N) is 4. The van der Waals surface area contributed by atoms with Gasteiger partial charge in [-0.2, -0.15) is 0 Å². The van der Waals surface area contributed by atoms with Crippen LogP contribution in [0.25, 0.3) is 0 Å². The van der Waals surface area contributed by atoms with Crippen molar-refractivity contribution in [1.29, 1.82) is 0 Å². The number of hydrogen-bond acceptors (Lipinski definition) is 4. The molecule has 0 radical (unpaired) electrons. The number of carbonyl (C=O) groups excluding carboxylic acids is 2. The molecule has 0 bridgehead atoms. The van der Waals surface area contributed by atoms with Crippen LogP contribution in [0, 0.1) is 0 Å². The summed E-state index contributed by atoms with van der Waals surface area (Å²) in [6.45, 7) is 2.43. The molecule has 0 unspecified atom stereocenters. The molecule has 0 aliphatic carbocycles. The van der Waals surface area contributed by atoms with Gasteiger partial charge in [-0.1, -0.05) is 5.21 Å². The Morgan fingerprint density at radius 2 is 2.26 bits per heavy atom. The molecular weight excluding hydrogens is 246 g/mol. The summed E-state index contributed by atoms with van der Waals surface area (Å²) in [5.41, 5.74) is 0. The Labute approximate surface area is 112 Å². The molecular formula is C12H19N5O2. The topological polar surface area (TPSA) is 80.1 Å². The maximum atomic E-state index is 11.6. The second kappa shape index (κ2) is 6.86. The van der Waals surface area contributed by atoms with Crippen LogP contribution in [0.1, 0.15) is 25.7 Å². The smallest absolute Gasteiger partial charge is 0.222 e. The van der Waals surface area contributed by atoms with E-state index in [0.717, 1.165) is 19.4 Å². The molecule has 0 aromatic carbocycles. The summed E-state index contributed by atoms with van der Waals surface area (Å²) in [4.78, 5) is 25.0. The lowest BCUT2D eigenvalue weighted by Crippen LogP contribution is -2.38. The number of likely N-dealkylation sites (tertiary alicyclic amines) is 1. The number of amides is 2. The fourth-order valence-electron chi connectivity index (χ4n) is 2.08. The van der Waals surface area contributed by atoms with Crippen LogP contribution in [-0.4, -0.2) is 51.3 Å². The van der Waals surface area contributed by atoms with Crippen LogP contribution in [0.15, 0.2) is 12.4 Å². The predicted molar refractivity (Wildman–Crippen MR) is 68.1 cm³/mol. The van der Waals surface area contributed by atoms with E-state index in [1.807, 2.05) is 0 Å². The summed E-state index contributed by atoms with van der Waals surface area (Å²) < 4.78 is 1.66. The Kier molecular flexibility index (Phi) is 4.88. The Hall–Kier alpha value is -1.92. The van der Waals surface area contributed by atoms with Crippen molar-refractivity contribution in [2.24, 2.45) is 0 Å². The zero-order chi connectivity index (χ0) is 13.5. The van der Waals surface area contributed by atoms with Gasteiger partial charge in [0, 0.05) is 38.7 Å². The van der Waals surface area contributed by atoms with Crippen molar-refractivity contribution in [2.45, 2.75) is 32.2 Å². The van der Waals surface area contributed by atoms with Gasteiger partial charge in [0.15, 0.2) is 0 Å². The second-order valence-corrected chi connectivity index (χ2v) is 4.60. The van der Waals surface area contributed by atoms with E-state index in [-0.39, 0.29) is 11.8 Å². The second-order valence-electron chi connectivity index (χ2n) is 4.60. The van der Waals surface area contributed by atoms with Gasteiger partial charge in [0.2, 0.25) is 11.8 Å². The van der Waals surface area contributed by atoms with Gasteiger partial charge in [-0.3, -0.25) is 14.3 Å². The van der Waals surface area contributed by atoms with Crippen molar-refractivity contribution < 1.29 is 9.59 Å². The number of carbonyl (C=O) groups is 2. The van der Waals surface area contributed by atoms with E-state index >= 15 is 0 Å². The van der Waals surface area contributed by atoms with Gasteiger partial charge in [0.05, 0.1) is 12.7 Å². The van der Waals surface area contributed by atoms with Gasteiger partial charge in [-0.05, 0) is 12.8 Å². The Bertz CT molecular complexity index is 418. The van der Waals surface area contributed by atoms with E-state index in [2.05, 4.69) is 15.6 Å². The molecule has 104 valence electrons. The third kappa shape index (κ3) is 4.35. The van der Waals surface area contributed by atoms with E-state index in [1.54, 1.807) is 22.0 Å². The molecule has 7 heteroatoms. The van der Waals surface area contributed by atoms with Gasteiger partial charge in [0.1, 0.15) is 0 Å². The summed E-state index contributed by atoms with van der Waals surface area (Å²) >= 11 is 0. The SMILES string of the molecule is O=C(CCN1CCCCC1=O)NCCn1ccnn1. The number of rotatable bonds is 6. The highest BCUT2D eigenvalue weighted by Gasteiger charge is 2.18. The zero-order valence-electron chi connectivity index (χ0n) is 10.9. The Morgan fingerprint density at radius 3 is 3.00 bits per heavy atom. The van der Waals surface area contributed by atoms with Crippen LogP contribution in [0.2, 0.25) is 0 Å². The third-order valence-corrected chi connectivity index (χ3v) is 3.17. The van der Waals surface area contributed by atoms with Crippen molar-refractivity contribution in [1.82, 2.24) is 25.2 Å². The molecule has 2 heterocycles. The lowest BCUT2D eigenvalue weighted by atomic mass is 10.1. The van der Waals surface area contributed by atoms with Crippen LogP contribution < -0.4 is 5.32 Å². The van der Waals surface area contributed by atoms with Crippen LogP contribution in [0.5, 0.6) is 0 Å². The summed E-state index contributed by atoms with van der Waals surface area (Å²) in [7, 11) is 0. The van der Waals surface area contributed by atoms with E-state index in [4.69, 9.17) is 0 Å². The van der Waals surface area contributed by atoms with Gasteiger partial charge in [-0.15, -0.1) is 5.10 Å². The van der Waals surface area contributed by atoms with Crippen molar-refractivity contribution >= 4 is 11.8 Å². The molecule has 1 fully saturated rings. The molecule has 0 atom stereocenters. The number of nitrogens with one attached hydrogen (secondary N) is 1. The van der Waals surface area contributed by atoms with Crippen LogP contribution >= 0.6 is 0 Å². The minimum absolute atomic E-state index is 0.0292. The summed E-state index contributed by atoms with van der Waals surface area (Å²) in [6.07, 6.45) is 6.35. The molecule has 1 saturated heterocycles. The molecule has 2 rings (SSSR count). The van der Waals surface area contributed by atoms with Crippen molar-refractivity contribution in [3.63, 3.8) is 0 Å². The first-order valence-electron chi connectivity index (χ1n) is 6.64. The predicted octanol–water partition coefficient (Wildman–Crippen LogP) is -0.203. The summed E-state index contributed by atoms with van der Waals surface area (Å²) in [6, 6.07) is 0. The lowest BCUT2D eigenvalue weighted by molar-refractivity contribution is -0.133. The van der Waals surface area contributed by atoms with Crippen molar-refractivity contribution in [2.75, 3.05) is 19.6 Å². The minimum Gasteiger partial charge on any atom is -0.354 e. The summed E-state index contributed by atoms with van der Waals surface area (Å²) in [5.74, 6) is 0.139. The maximum absolute atomic E-state index is 11.6. The quantitative estimate of drug-likeness (QED) is 0.772. The van der Waals surface area contributed by atoms with Crippen LogP contribution in [0.4, 0.5) is 0 Å². The van der Waals surface area contributed by atoms with E-state index in [0.29, 0.717) is 32.5 Å². The first kappa shape index (κ1) is 13.5. The average Bonchev–Trinajstić information content (AvgIpc) is 2.91. The van der Waals surface area contributed by atoms with Crippen molar-refractivity contribution in [3.8, 4) is 0 Å². The molecule has 1 aliphatic heterocycles. The van der Waals surface area contributed by atoms with E-state index in [9.17, 15) is 9.59 Å². The third-order valence-electron chi connectivity index (χ3n) is 3.17. The fraction of sp³-hybridized carbons (Fsp3) is 0.667. The normalized spacial score (nSPS) is 15.6. The van der Waals surface area contributed by atoms with Crippen molar-refractivity contribution in [3.05, 3.63) is 12.4 Å². The number of piperidine rings is 1. The average molecular weight is 265 g/mol. The monoisotopic (exact) mass is 265 g/mol. The van der Waals surface area contributed by atoms with Gasteiger partial charge in [-0.25, -0.2) is 0 Å². The number of aromatic nitrogens is 3. The first-order chi connectivity index (χ1) is 9.25. The van der Waals surface area contributed by atoms with E-state index < -0.39 is 0 Å². The fourth-order valence-corrected chi connectivity index (χ4v) is 2.08.